The van der Waals surface area contributed by atoms with Gasteiger partial charge in [0.25, 0.3) is 0 Å². The number of carbonyl (C=O) groups is 1. The number of nitrogens with zero attached hydrogens (tertiary/aromatic N) is 3. The molecule has 0 radical (unpaired) electrons. The molecule has 20 heavy (non-hydrogen) atoms. The first-order valence-electron chi connectivity index (χ1n) is 6.41. The average Bonchev–Trinajstić information content (AvgIpc) is 2.40. The van der Waals surface area contributed by atoms with Crippen LogP contribution in [-0.2, 0) is 6.54 Å². The highest BCUT2D eigenvalue weighted by atomic mass is 19.1. The Kier molecular flexibility index (Phi) is 4.20. The molecule has 1 atom stereocenters. The van der Waals surface area contributed by atoms with Crippen molar-refractivity contribution in [2.24, 2.45) is 0 Å². The largest absolute Gasteiger partial charge is 0.465 e. The maximum absolute atomic E-state index is 13.2. The zero-order chi connectivity index (χ0) is 14.7. The van der Waals surface area contributed by atoms with Crippen LogP contribution < -0.4 is 0 Å². The molecule has 1 amide bonds. The van der Waals surface area contributed by atoms with Gasteiger partial charge in [-0.15, -0.1) is 0 Å². The Morgan fingerprint density at radius 1 is 1.55 bits per heavy atom. The molecule has 0 bridgehead atoms. The van der Waals surface area contributed by atoms with Crippen molar-refractivity contribution in [2.75, 3.05) is 19.6 Å². The molecule has 0 aliphatic carbocycles. The lowest BCUT2D eigenvalue weighted by molar-refractivity contribution is 0.0711. The predicted octanol–water partition coefficient (Wildman–Crippen LogP) is 1.88. The molecule has 1 N–H and O–H groups in total. The van der Waals surface area contributed by atoms with Crippen molar-refractivity contribution in [2.45, 2.75) is 19.5 Å². The van der Waals surface area contributed by atoms with Crippen molar-refractivity contribution in [3.05, 3.63) is 35.1 Å². The van der Waals surface area contributed by atoms with Crippen molar-refractivity contribution >= 4 is 6.09 Å². The molecular weight excluding hydrogens is 261 g/mol. The van der Waals surface area contributed by atoms with E-state index in [4.69, 9.17) is 10.4 Å². The molecule has 2 rings (SSSR count). The van der Waals surface area contributed by atoms with Gasteiger partial charge in [-0.25, -0.2) is 9.18 Å². The van der Waals surface area contributed by atoms with E-state index in [1.54, 1.807) is 12.1 Å². The Morgan fingerprint density at radius 2 is 2.30 bits per heavy atom. The van der Waals surface area contributed by atoms with Crippen molar-refractivity contribution in [3.63, 3.8) is 0 Å². The number of hydrogen-bond acceptors (Lipinski definition) is 3. The molecule has 1 aliphatic heterocycles. The second kappa shape index (κ2) is 5.88. The molecule has 1 aromatic rings. The van der Waals surface area contributed by atoms with Crippen LogP contribution in [0.2, 0.25) is 0 Å². The molecule has 0 aromatic heterocycles. The number of rotatable bonds is 2. The summed E-state index contributed by atoms with van der Waals surface area (Å²) < 4.78 is 13.2. The summed E-state index contributed by atoms with van der Waals surface area (Å²) in [4.78, 5) is 14.5. The highest BCUT2D eigenvalue weighted by Gasteiger charge is 2.26. The van der Waals surface area contributed by atoms with Crippen molar-refractivity contribution < 1.29 is 14.3 Å². The molecule has 106 valence electrons. The fraction of sp³-hybridized carbons (Fsp3) is 0.429. The molecule has 1 heterocycles. The molecule has 1 fully saturated rings. The second-order valence-electron chi connectivity index (χ2n) is 4.99. The average molecular weight is 277 g/mol. The summed E-state index contributed by atoms with van der Waals surface area (Å²) in [6.45, 7) is 4.18. The minimum absolute atomic E-state index is 0.0414. The van der Waals surface area contributed by atoms with E-state index in [0.29, 0.717) is 26.2 Å². The zero-order valence-electron chi connectivity index (χ0n) is 11.2. The second-order valence-corrected chi connectivity index (χ2v) is 4.99. The first kappa shape index (κ1) is 14.3. The normalized spacial score (nSPS) is 19.6. The molecule has 0 saturated carbocycles. The van der Waals surface area contributed by atoms with Crippen LogP contribution in [0, 0.1) is 17.1 Å². The van der Waals surface area contributed by atoms with Gasteiger partial charge in [0.05, 0.1) is 5.56 Å². The van der Waals surface area contributed by atoms with Crippen molar-refractivity contribution in [3.8, 4) is 6.07 Å². The van der Waals surface area contributed by atoms with E-state index in [2.05, 4.69) is 4.90 Å². The van der Waals surface area contributed by atoms with Gasteiger partial charge in [-0.2, -0.15) is 5.26 Å². The standard InChI is InChI=1S/C14H16FN3O2/c1-10-8-17(4-5-18(10)14(19)20)9-11-2-3-13(15)12(6-11)7-16/h2-3,6,10H,4-5,8-9H2,1H3,(H,19,20)/t10-/m0/s1. The summed E-state index contributed by atoms with van der Waals surface area (Å²) >= 11 is 0. The first-order valence-corrected chi connectivity index (χ1v) is 6.41. The SMILES string of the molecule is C[C@H]1CN(Cc2ccc(F)c(C#N)c2)CCN1C(=O)O. The lowest BCUT2D eigenvalue weighted by Gasteiger charge is -2.38. The Hall–Kier alpha value is -2.13. The fourth-order valence-corrected chi connectivity index (χ4v) is 2.48. The number of piperazine rings is 1. The minimum atomic E-state index is -0.898. The van der Waals surface area contributed by atoms with E-state index in [1.165, 1.54) is 11.0 Å². The molecule has 6 heteroatoms. The van der Waals surface area contributed by atoms with Crippen LogP contribution in [-0.4, -0.2) is 46.7 Å². The molecule has 0 unspecified atom stereocenters. The van der Waals surface area contributed by atoms with Crippen LogP contribution in [0.25, 0.3) is 0 Å². The summed E-state index contributed by atoms with van der Waals surface area (Å²) in [5.41, 5.74) is 0.902. The number of nitriles is 1. The van der Waals surface area contributed by atoms with Crippen LogP contribution in [0.1, 0.15) is 18.1 Å². The summed E-state index contributed by atoms with van der Waals surface area (Å²) in [7, 11) is 0. The van der Waals surface area contributed by atoms with E-state index in [1.807, 2.05) is 13.0 Å². The lowest BCUT2D eigenvalue weighted by atomic mass is 10.1. The minimum Gasteiger partial charge on any atom is -0.465 e. The van der Waals surface area contributed by atoms with E-state index < -0.39 is 11.9 Å². The van der Waals surface area contributed by atoms with E-state index in [9.17, 15) is 9.18 Å². The van der Waals surface area contributed by atoms with E-state index in [-0.39, 0.29) is 11.6 Å². The van der Waals surface area contributed by atoms with Gasteiger partial charge in [-0.1, -0.05) is 6.07 Å². The monoisotopic (exact) mass is 277 g/mol. The number of benzene rings is 1. The van der Waals surface area contributed by atoms with Gasteiger partial charge in [0.1, 0.15) is 11.9 Å². The maximum Gasteiger partial charge on any atom is 0.407 e. The Morgan fingerprint density at radius 3 is 2.90 bits per heavy atom. The van der Waals surface area contributed by atoms with Gasteiger partial charge in [-0.3, -0.25) is 4.90 Å². The third-order valence-electron chi connectivity index (χ3n) is 3.51. The van der Waals surface area contributed by atoms with E-state index >= 15 is 0 Å². The summed E-state index contributed by atoms with van der Waals surface area (Å²) in [6.07, 6.45) is -0.898. The van der Waals surface area contributed by atoms with Crippen LogP contribution >= 0.6 is 0 Å². The molecule has 1 aliphatic rings. The van der Waals surface area contributed by atoms with Crippen LogP contribution in [0.4, 0.5) is 9.18 Å². The van der Waals surface area contributed by atoms with Gasteiger partial charge in [-0.05, 0) is 24.6 Å². The van der Waals surface area contributed by atoms with Crippen molar-refractivity contribution in [1.82, 2.24) is 9.80 Å². The van der Waals surface area contributed by atoms with Crippen LogP contribution in [0.5, 0.6) is 0 Å². The van der Waals surface area contributed by atoms with Crippen LogP contribution in [0.15, 0.2) is 18.2 Å². The van der Waals surface area contributed by atoms with Gasteiger partial charge in [0.15, 0.2) is 0 Å². The van der Waals surface area contributed by atoms with Gasteiger partial charge in [0.2, 0.25) is 0 Å². The lowest BCUT2D eigenvalue weighted by Crippen LogP contribution is -2.53. The summed E-state index contributed by atoms with van der Waals surface area (Å²) in [5.74, 6) is -0.514. The van der Waals surface area contributed by atoms with Crippen LogP contribution in [0.3, 0.4) is 0 Å². The van der Waals surface area contributed by atoms with Gasteiger partial charge < -0.3 is 10.0 Å². The third kappa shape index (κ3) is 3.06. The topological polar surface area (TPSA) is 67.6 Å². The van der Waals surface area contributed by atoms with Gasteiger partial charge >= 0.3 is 6.09 Å². The highest BCUT2D eigenvalue weighted by molar-refractivity contribution is 5.65. The Balaban J connectivity index is 2.02. The summed E-state index contributed by atoms with van der Waals surface area (Å²) in [5, 5.41) is 17.8. The highest BCUT2D eigenvalue weighted by Crippen LogP contribution is 2.15. The number of hydrogen-bond donors (Lipinski definition) is 1. The molecule has 5 nitrogen and oxygen atoms in total. The molecule has 1 saturated heterocycles. The number of halogens is 1. The fourth-order valence-electron chi connectivity index (χ4n) is 2.48. The predicted molar refractivity (Wildman–Crippen MR) is 70.6 cm³/mol. The zero-order valence-corrected chi connectivity index (χ0v) is 11.2. The number of carboxylic acid groups (broad SMARTS) is 1. The maximum atomic E-state index is 13.2. The first-order chi connectivity index (χ1) is 9.51. The van der Waals surface area contributed by atoms with Crippen molar-refractivity contribution in [1.29, 1.82) is 5.26 Å². The van der Waals surface area contributed by atoms with E-state index in [0.717, 1.165) is 5.56 Å². The smallest absolute Gasteiger partial charge is 0.407 e. The molecule has 1 aromatic carbocycles. The Labute approximate surface area is 116 Å². The number of amides is 1. The quantitative estimate of drug-likeness (QED) is 0.896. The third-order valence-corrected chi connectivity index (χ3v) is 3.51. The van der Waals surface area contributed by atoms with Gasteiger partial charge in [0, 0.05) is 32.2 Å². The molecular formula is C14H16FN3O2. The summed E-state index contributed by atoms with van der Waals surface area (Å²) in [6, 6.07) is 6.25. The Bertz CT molecular complexity index is 556. The molecule has 0 spiro atoms.